The molecule has 1 atom stereocenters. The Kier molecular flexibility index (Phi) is 8.74. The van der Waals surface area contributed by atoms with Crippen molar-refractivity contribution in [2.24, 2.45) is 5.73 Å². The molecule has 0 fully saturated rings. The van der Waals surface area contributed by atoms with Crippen LogP contribution in [0.2, 0.25) is 0 Å². The molecule has 0 aliphatic carbocycles. The maximum Gasteiger partial charge on any atom is 0.323 e. The molecule has 3 N–H and O–H groups in total. The van der Waals surface area contributed by atoms with Gasteiger partial charge in [-0.15, -0.1) is 0 Å². The lowest BCUT2D eigenvalue weighted by Crippen LogP contribution is -2.34. The SMILES string of the molecule is CCOC(=O)[C@H](N)CSSCCO. The van der Waals surface area contributed by atoms with E-state index < -0.39 is 6.04 Å². The van der Waals surface area contributed by atoms with Gasteiger partial charge in [0.05, 0.1) is 13.2 Å². The molecule has 0 aliphatic rings. The molecule has 0 aromatic rings. The fraction of sp³-hybridized carbons (Fsp3) is 0.857. The molecule has 0 aromatic carbocycles. The zero-order valence-corrected chi connectivity index (χ0v) is 9.20. The van der Waals surface area contributed by atoms with Gasteiger partial charge in [0.2, 0.25) is 0 Å². The number of aliphatic hydroxyl groups is 1. The molecule has 0 unspecified atom stereocenters. The van der Waals surface area contributed by atoms with E-state index in [0.717, 1.165) is 0 Å². The molecule has 0 aromatic heterocycles. The second kappa shape index (κ2) is 8.68. The van der Waals surface area contributed by atoms with Crippen molar-refractivity contribution in [3.05, 3.63) is 0 Å². The monoisotopic (exact) mass is 225 g/mol. The standard InChI is InChI=1S/C7H15NO3S2/c1-2-11-7(10)6(8)5-13-12-4-3-9/h6,9H,2-5,8H2,1H3/t6-/m1/s1. The summed E-state index contributed by atoms with van der Waals surface area (Å²) in [4.78, 5) is 11.0. The van der Waals surface area contributed by atoms with Crippen molar-refractivity contribution in [3.8, 4) is 0 Å². The van der Waals surface area contributed by atoms with E-state index in [-0.39, 0.29) is 12.6 Å². The largest absolute Gasteiger partial charge is 0.465 e. The smallest absolute Gasteiger partial charge is 0.323 e. The number of nitrogens with two attached hydrogens (primary N) is 1. The summed E-state index contributed by atoms with van der Waals surface area (Å²) in [5, 5.41) is 8.47. The summed E-state index contributed by atoms with van der Waals surface area (Å²) in [6.45, 7) is 2.26. The Morgan fingerprint density at radius 3 is 2.85 bits per heavy atom. The van der Waals surface area contributed by atoms with Crippen molar-refractivity contribution >= 4 is 27.6 Å². The van der Waals surface area contributed by atoms with Gasteiger partial charge in [0, 0.05) is 11.5 Å². The molecule has 0 rings (SSSR count). The van der Waals surface area contributed by atoms with Crippen LogP contribution in [-0.2, 0) is 9.53 Å². The van der Waals surface area contributed by atoms with Gasteiger partial charge in [-0.25, -0.2) is 0 Å². The lowest BCUT2D eigenvalue weighted by Gasteiger charge is -2.08. The minimum absolute atomic E-state index is 0.145. The summed E-state index contributed by atoms with van der Waals surface area (Å²) in [5.74, 6) is 0.809. The molecule has 0 saturated heterocycles. The molecule has 6 heteroatoms. The minimum Gasteiger partial charge on any atom is -0.465 e. The first kappa shape index (κ1) is 13.1. The molecular weight excluding hydrogens is 210 g/mol. The summed E-state index contributed by atoms with van der Waals surface area (Å²) in [5.41, 5.74) is 5.51. The fourth-order valence-corrected chi connectivity index (χ4v) is 2.41. The van der Waals surface area contributed by atoms with Crippen LogP contribution in [0, 0.1) is 0 Å². The van der Waals surface area contributed by atoms with Gasteiger partial charge in [-0.05, 0) is 6.92 Å². The Labute approximate surface area is 86.0 Å². The van der Waals surface area contributed by atoms with Gasteiger partial charge in [0.25, 0.3) is 0 Å². The van der Waals surface area contributed by atoms with Crippen molar-refractivity contribution in [3.63, 3.8) is 0 Å². The Bertz CT molecular complexity index is 146. The van der Waals surface area contributed by atoms with Gasteiger partial charge in [0.1, 0.15) is 6.04 Å². The molecule has 0 aliphatic heterocycles. The maximum absolute atomic E-state index is 11.0. The van der Waals surface area contributed by atoms with Crippen molar-refractivity contribution in [2.75, 3.05) is 24.7 Å². The number of rotatable bonds is 7. The lowest BCUT2D eigenvalue weighted by molar-refractivity contribution is -0.144. The van der Waals surface area contributed by atoms with Crippen LogP contribution in [0.4, 0.5) is 0 Å². The highest BCUT2D eigenvalue weighted by molar-refractivity contribution is 8.76. The van der Waals surface area contributed by atoms with E-state index in [1.54, 1.807) is 6.92 Å². The fourth-order valence-electron chi connectivity index (χ4n) is 0.535. The van der Waals surface area contributed by atoms with E-state index in [1.165, 1.54) is 21.6 Å². The molecule has 0 saturated carbocycles. The van der Waals surface area contributed by atoms with E-state index in [1.807, 2.05) is 0 Å². The summed E-state index contributed by atoms with van der Waals surface area (Å²) in [7, 11) is 2.97. The number of hydrogen-bond donors (Lipinski definition) is 2. The molecule has 0 spiro atoms. The summed E-state index contributed by atoms with van der Waals surface area (Å²) < 4.78 is 4.72. The number of esters is 1. The van der Waals surface area contributed by atoms with E-state index in [9.17, 15) is 4.79 Å². The Balaban J connectivity index is 3.38. The van der Waals surface area contributed by atoms with Gasteiger partial charge >= 0.3 is 5.97 Å². The van der Waals surface area contributed by atoms with E-state index in [4.69, 9.17) is 15.6 Å². The van der Waals surface area contributed by atoms with E-state index in [0.29, 0.717) is 18.1 Å². The summed E-state index contributed by atoms with van der Waals surface area (Å²) >= 11 is 0. The molecular formula is C7H15NO3S2. The third-order valence-electron chi connectivity index (χ3n) is 1.09. The molecule has 0 bridgehead atoms. The number of carbonyl (C=O) groups is 1. The van der Waals surface area contributed by atoms with Crippen LogP contribution in [0.3, 0.4) is 0 Å². The highest BCUT2D eigenvalue weighted by Gasteiger charge is 2.13. The highest BCUT2D eigenvalue weighted by Crippen LogP contribution is 2.20. The van der Waals surface area contributed by atoms with Crippen LogP contribution in [-0.4, -0.2) is 41.8 Å². The van der Waals surface area contributed by atoms with Crippen LogP contribution in [0.25, 0.3) is 0 Å². The van der Waals surface area contributed by atoms with E-state index in [2.05, 4.69) is 0 Å². The number of carbonyl (C=O) groups excluding carboxylic acids is 1. The molecule has 0 amide bonds. The number of aliphatic hydroxyl groups excluding tert-OH is 1. The quantitative estimate of drug-likeness (QED) is 0.368. The van der Waals surface area contributed by atoms with Crippen LogP contribution >= 0.6 is 21.6 Å². The Morgan fingerprint density at radius 1 is 1.62 bits per heavy atom. The van der Waals surface area contributed by atoms with Crippen molar-refractivity contribution < 1.29 is 14.6 Å². The Hall–Kier alpha value is 0.0900. The average molecular weight is 225 g/mol. The first-order chi connectivity index (χ1) is 6.22. The lowest BCUT2D eigenvalue weighted by atomic mass is 10.4. The molecule has 78 valence electrons. The van der Waals surface area contributed by atoms with Gasteiger partial charge in [-0.3, -0.25) is 4.79 Å². The third kappa shape index (κ3) is 7.18. The number of hydrogen-bond acceptors (Lipinski definition) is 6. The number of ether oxygens (including phenoxy) is 1. The maximum atomic E-state index is 11.0. The predicted octanol–water partition coefficient (Wildman–Crippen LogP) is 0.251. The predicted molar refractivity (Wildman–Crippen MR) is 56.6 cm³/mol. The zero-order valence-electron chi connectivity index (χ0n) is 7.56. The first-order valence-electron chi connectivity index (χ1n) is 3.99. The zero-order chi connectivity index (χ0) is 10.1. The first-order valence-corrected chi connectivity index (χ1v) is 6.48. The summed E-state index contributed by atoms with van der Waals surface area (Å²) in [6, 6.07) is -0.559. The topological polar surface area (TPSA) is 72.5 Å². The van der Waals surface area contributed by atoms with Gasteiger partial charge in [-0.1, -0.05) is 21.6 Å². The second-order valence-electron chi connectivity index (χ2n) is 2.19. The normalized spacial score (nSPS) is 12.5. The molecule has 0 radical (unpaired) electrons. The van der Waals surface area contributed by atoms with Crippen LogP contribution in [0.5, 0.6) is 0 Å². The average Bonchev–Trinajstić information content (AvgIpc) is 2.12. The van der Waals surface area contributed by atoms with Gasteiger partial charge < -0.3 is 15.6 Å². The van der Waals surface area contributed by atoms with Crippen LogP contribution < -0.4 is 5.73 Å². The van der Waals surface area contributed by atoms with Crippen LogP contribution in [0.15, 0.2) is 0 Å². The second-order valence-corrected chi connectivity index (χ2v) is 4.82. The molecule has 4 nitrogen and oxygen atoms in total. The van der Waals surface area contributed by atoms with E-state index >= 15 is 0 Å². The van der Waals surface area contributed by atoms with Gasteiger partial charge in [0.15, 0.2) is 0 Å². The third-order valence-corrected chi connectivity index (χ3v) is 3.51. The molecule has 13 heavy (non-hydrogen) atoms. The van der Waals surface area contributed by atoms with Gasteiger partial charge in [-0.2, -0.15) is 0 Å². The van der Waals surface area contributed by atoms with Crippen molar-refractivity contribution in [1.29, 1.82) is 0 Å². The van der Waals surface area contributed by atoms with Crippen molar-refractivity contribution in [1.82, 2.24) is 0 Å². The Morgan fingerprint density at radius 2 is 2.31 bits per heavy atom. The summed E-state index contributed by atoms with van der Waals surface area (Å²) in [6.07, 6.45) is 0. The van der Waals surface area contributed by atoms with Crippen LogP contribution in [0.1, 0.15) is 6.92 Å². The molecule has 0 heterocycles. The van der Waals surface area contributed by atoms with Crippen molar-refractivity contribution in [2.45, 2.75) is 13.0 Å². The minimum atomic E-state index is -0.559. The highest BCUT2D eigenvalue weighted by atomic mass is 33.1.